The van der Waals surface area contributed by atoms with Crippen molar-refractivity contribution < 1.29 is 9.53 Å². The van der Waals surface area contributed by atoms with E-state index in [0.717, 1.165) is 30.8 Å². The maximum atomic E-state index is 11.5. The maximum Gasteiger partial charge on any atom is 0.237 e. The minimum absolute atomic E-state index is 0.206. The molecule has 0 amide bonds. The Morgan fingerprint density at radius 2 is 2.28 bits per heavy atom. The molecule has 0 saturated heterocycles. The van der Waals surface area contributed by atoms with Crippen LogP contribution >= 0.6 is 0 Å². The van der Waals surface area contributed by atoms with E-state index in [1.54, 1.807) is 19.4 Å². The molecule has 4 heteroatoms. The fourth-order valence-electron chi connectivity index (χ4n) is 2.26. The Morgan fingerprint density at radius 3 is 2.94 bits per heavy atom. The first-order valence-corrected chi connectivity index (χ1v) is 6.26. The molecule has 0 aliphatic heterocycles. The number of allylic oxidation sites excluding steroid dienone is 2. The van der Waals surface area contributed by atoms with Crippen LogP contribution in [0, 0.1) is 0 Å². The molecule has 1 heterocycles. The minimum atomic E-state index is 0.206. The van der Waals surface area contributed by atoms with Crippen LogP contribution in [0.3, 0.4) is 0 Å². The van der Waals surface area contributed by atoms with E-state index >= 15 is 0 Å². The lowest BCUT2D eigenvalue weighted by Gasteiger charge is -2.28. The number of nitrogens with zero attached hydrogens (tertiary/aromatic N) is 2. The van der Waals surface area contributed by atoms with Crippen molar-refractivity contribution >= 4 is 11.5 Å². The van der Waals surface area contributed by atoms with Gasteiger partial charge in [0, 0.05) is 30.9 Å². The van der Waals surface area contributed by atoms with Gasteiger partial charge in [-0.2, -0.15) is 0 Å². The summed E-state index contributed by atoms with van der Waals surface area (Å²) in [5.74, 6) is 0.802. The number of rotatable bonds is 4. The van der Waals surface area contributed by atoms with E-state index in [0.29, 0.717) is 12.3 Å². The number of carbonyl (C=O) groups is 1. The summed E-state index contributed by atoms with van der Waals surface area (Å²) in [7, 11) is 1.61. The number of methoxy groups -OCH3 is 1. The second-order valence-electron chi connectivity index (χ2n) is 4.23. The molecule has 0 unspecified atom stereocenters. The molecule has 1 aliphatic carbocycles. The van der Waals surface area contributed by atoms with Crippen LogP contribution in [0.25, 0.3) is 0 Å². The summed E-state index contributed by atoms with van der Waals surface area (Å²) in [6.07, 6.45) is 5.96. The number of aromatic nitrogens is 1. The predicted octanol–water partition coefficient (Wildman–Crippen LogP) is 2.55. The number of anilines is 1. The molecular weight excluding hydrogens is 228 g/mol. The average Bonchev–Trinajstić information content (AvgIpc) is 2.40. The largest absolute Gasteiger partial charge is 0.480 e. The molecule has 4 nitrogen and oxygen atoms in total. The van der Waals surface area contributed by atoms with Crippen LogP contribution in [0.4, 0.5) is 5.69 Å². The zero-order valence-electron chi connectivity index (χ0n) is 10.8. The first-order chi connectivity index (χ1) is 8.76. The van der Waals surface area contributed by atoms with Crippen LogP contribution in [0.5, 0.6) is 5.88 Å². The molecule has 1 aliphatic rings. The molecule has 1 aromatic rings. The first-order valence-electron chi connectivity index (χ1n) is 6.26. The van der Waals surface area contributed by atoms with Gasteiger partial charge in [-0.1, -0.05) is 0 Å². The highest BCUT2D eigenvalue weighted by atomic mass is 16.5. The third-order valence-electron chi connectivity index (χ3n) is 3.08. The Balaban J connectivity index is 2.36. The summed E-state index contributed by atoms with van der Waals surface area (Å²) >= 11 is 0. The van der Waals surface area contributed by atoms with Crippen LogP contribution in [0.1, 0.15) is 26.2 Å². The highest BCUT2D eigenvalue weighted by Gasteiger charge is 2.19. The van der Waals surface area contributed by atoms with Gasteiger partial charge >= 0.3 is 0 Å². The molecule has 0 saturated carbocycles. The van der Waals surface area contributed by atoms with Crippen molar-refractivity contribution in [3.63, 3.8) is 0 Å². The van der Waals surface area contributed by atoms with Gasteiger partial charge in [0.05, 0.1) is 7.11 Å². The van der Waals surface area contributed by atoms with Crippen molar-refractivity contribution in [1.29, 1.82) is 0 Å². The van der Waals surface area contributed by atoms with E-state index in [1.807, 2.05) is 12.1 Å². The fourth-order valence-corrected chi connectivity index (χ4v) is 2.26. The Hall–Kier alpha value is -1.84. The van der Waals surface area contributed by atoms with Gasteiger partial charge in [-0.3, -0.25) is 4.79 Å². The fraction of sp³-hybridized carbons (Fsp3) is 0.429. The van der Waals surface area contributed by atoms with Gasteiger partial charge in [0.1, 0.15) is 5.69 Å². The monoisotopic (exact) mass is 246 g/mol. The van der Waals surface area contributed by atoms with E-state index in [9.17, 15) is 4.79 Å². The summed E-state index contributed by atoms with van der Waals surface area (Å²) in [4.78, 5) is 17.8. The number of ether oxygens (including phenoxy) is 1. The molecule has 0 fully saturated rings. The molecule has 1 aromatic heterocycles. The van der Waals surface area contributed by atoms with Crippen LogP contribution in [0.15, 0.2) is 30.1 Å². The molecule has 0 atom stereocenters. The average molecular weight is 246 g/mol. The molecule has 0 spiro atoms. The molecule has 0 N–H and O–H groups in total. The van der Waals surface area contributed by atoms with Crippen molar-refractivity contribution in [2.24, 2.45) is 0 Å². The molecule has 0 radical (unpaired) electrons. The lowest BCUT2D eigenvalue weighted by Crippen LogP contribution is -2.25. The Labute approximate surface area is 107 Å². The Morgan fingerprint density at radius 1 is 1.44 bits per heavy atom. The Kier molecular flexibility index (Phi) is 3.97. The summed E-state index contributed by atoms with van der Waals surface area (Å²) < 4.78 is 5.28. The topological polar surface area (TPSA) is 42.4 Å². The van der Waals surface area contributed by atoms with Gasteiger partial charge in [-0.25, -0.2) is 4.98 Å². The van der Waals surface area contributed by atoms with Gasteiger partial charge in [0.25, 0.3) is 0 Å². The van der Waals surface area contributed by atoms with E-state index in [1.165, 1.54) is 0 Å². The van der Waals surface area contributed by atoms with E-state index < -0.39 is 0 Å². The number of hydrogen-bond acceptors (Lipinski definition) is 4. The third-order valence-corrected chi connectivity index (χ3v) is 3.08. The second-order valence-corrected chi connectivity index (χ2v) is 4.23. The predicted molar refractivity (Wildman–Crippen MR) is 70.8 cm³/mol. The zero-order chi connectivity index (χ0) is 13.0. The number of pyridine rings is 1. The van der Waals surface area contributed by atoms with Crippen molar-refractivity contribution in [2.45, 2.75) is 26.2 Å². The molecular formula is C14H18N2O2. The van der Waals surface area contributed by atoms with E-state index in [-0.39, 0.29) is 5.78 Å². The number of carbonyl (C=O) groups excluding carboxylic acids is 1. The van der Waals surface area contributed by atoms with E-state index in [4.69, 9.17) is 4.74 Å². The molecule has 2 rings (SSSR count). The smallest absolute Gasteiger partial charge is 0.237 e. The van der Waals surface area contributed by atoms with Crippen LogP contribution in [-0.4, -0.2) is 24.4 Å². The van der Waals surface area contributed by atoms with Crippen molar-refractivity contribution in [3.8, 4) is 5.88 Å². The summed E-state index contributed by atoms with van der Waals surface area (Å²) in [6, 6.07) is 3.85. The Bertz CT molecular complexity index is 469. The van der Waals surface area contributed by atoms with Crippen LogP contribution < -0.4 is 9.64 Å². The SMILES string of the molecule is CCN(C1=CC(=O)CCC1)c1cccnc1OC. The van der Waals surface area contributed by atoms with Crippen molar-refractivity contribution in [2.75, 3.05) is 18.6 Å². The van der Waals surface area contributed by atoms with Gasteiger partial charge in [-0.05, 0) is 31.9 Å². The second kappa shape index (κ2) is 5.67. The standard InChI is InChI=1S/C14H18N2O2/c1-3-16(11-6-4-7-12(17)10-11)13-8-5-9-15-14(13)18-2/h5,8-10H,3-4,6-7H2,1-2H3. The van der Waals surface area contributed by atoms with Gasteiger partial charge in [0.15, 0.2) is 5.78 Å². The van der Waals surface area contributed by atoms with Crippen LogP contribution in [0.2, 0.25) is 0 Å². The van der Waals surface area contributed by atoms with Crippen molar-refractivity contribution in [3.05, 3.63) is 30.1 Å². The highest BCUT2D eigenvalue weighted by Crippen LogP contribution is 2.31. The lowest BCUT2D eigenvalue weighted by molar-refractivity contribution is -0.115. The quantitative estimate of drug-likeness (QED) is 0.818. The number of ketones is 1. The highest BCUT2D eigenvalue weighted by molar-refractivity contribution is 5.91. The molecule has 96 valence electrons. The van der Waals surface area contributed by atoms with Gasteiger partial charge < -0.3 is 9.64 Å². The first kappa shape index (κ1) is 12.6. The van der Waals surface area contributed by atoms with Crippen LogP contribution in [-0.2, 0) is 4.79 Å². The molecule has 0 bridgehead atoms. The third kappa shape index (κ3) is 2.53. The molecule has 0 aromatic carbocycles. The summed E-state index contributed by atoms with van der Waals surface area (Å²) in [5.41, 5.74) is 1.98. The molecule has 18 heavy (non-hydrogen) atoms. The van der Waals surface area contributed by atoms with Crippen molar-refractivity contribution in [1.82, 2.24) is 4.98 Å². The minimum Gasteiger partial charge on any atom is -0.480 e. The van der Waals surface area contributed by atoms with Gasteiger partial charge in [-0.15, -0.1) is 0 Å². The lowest BCUT2D eigenvalue weighted by atomic mass is 10.0. The van der Waals surface area contributed by atoms with Gasteiger partial charge in [0.2, 0.25) is 5.88 Å². The maximum absolute atomic E-state index is 11.5. The summed E-state index contributed by atoms with van der Waals surface area (Å²) in [5, 5.41) is 0. The summed E-state index contributed by atoms with van der Waals surface area (Å²) in [6.45, 7) is 2.85. The van der Waals surface area contributed by atoms with E-state index in [2.05, 4.69) is 16.8 Å². The number of hydrogen-bond donors (Lipinski definition) is 0. The zero-order valence-corrected chi connectivity index (χ0v) is 10.8. The normalized spacial score (nSPS) is 15.2.